The molecule has 3 aromatic rings. The van der Waals surface area contributed by atoms with Gasteiger partial charge in [0.05, 0.1) is 78.4 Å². The van der Waals surface area contributed by atoms with Crippen LogP contribution in [0.5, 0.6) is 0 Å². The zero-order chi connectivity index (χ0) is 41.3. The Hall–Kier alpha value is -8.03. The van der Waals surface area contributed by atoms with E-state index in [0.29, 0.717) is 12.1 Å². The molecule has 0 saturated heterocycles. The maximum Gasteiger partial charge on any atom is 0.419 e. The first kappa shape index (κ1) is 40.4. The molecule has 0 spiro atoms. The van der Waals surface area contributed by atoms with E-state index in [0.717, 1.165) is 24.3 Å². The quantitative estimate of drug-likeness (QED) is 0.268. The lowest BCUT2D eigenvalue weighted by Gasteiger charge is -2.19. The number of rotatable bonds is 2. The summed E-state index contributed by atoms with van der Waals surface area (Å²) in [5.41, 5.74) is -27.7. The van der Waals surface area contributed by atoms with Crippen LogP contribution >= 0.6 is 0 Å². The molecule has 0 radical (unpaired) electrons. The van der Waals surface area contributed by atoms with Gasteiger partial charge in [-0.2, -0.15) is 100 Å². The van der Waals surface area contributed by atoms with Crippen molar-refractivity contribution >= 4 is 11.1 Å². The van der Waals surface area contributed by atoms with Gasteiger partial charge in [-0.15, -0.1) is 0 Å². The minimum Gasteiger partial charge on any atom is -0.192 e. The highest BCUT2D eigenvalue weighted by Gasteiger charge is 2.46. The second-order valence-corrected chi connectivity index (χ2v) is 10.0. The third-order valence-electron chi connectivity index (χ3n) is 7.23. The zero-order valence-corrected chi connectivity index (χ0v) is 25.3. The number of hydrogen-bond donors (Lipinski definition) is 0. The van der Waals surface area contributed by atoms with E-state index in [-0.39, 0.29) is 18.2 Å². The van der Waals surface area contributed by atoms with Crippen LogP contribution in [0.15, 0.2) is 18.2 Å². The maximum absolute atomic E-state index is 14.1. The second kappa shape index (κ2) is 13.9. The van der Waals surface area contributed by atoms with Crippen LogP contribution in [0.3, 0.4) is 0 Å². The van der Waals surface area contributed by atoms with Gasteiger partial charge in [-0.25, -0.2) is 0 Å². The van der Waals surface area contributed by atoms with Gasteiger partial charge in [0.25, 0.3) is 0 Å². The highest BCUT2D eigenvalue weighted by atomic mass is 19.4. The lowest BCUT2D eigenvalue weighted by molar-refractivity contribution is -0.145. The summed E-state index contributed by atoms with van der Waals surface area (Å²) < 4.78 is 169. The third-order valence-corrected chi connectivity index (χ3v) is 7.23. The van der Waals surface area contributed by atoms with E-state index in [2.05, 4.69) is 0 Å². The van der Waals surface area contributed by atoms with E-state index in [4.69, 9.17) is 0 Å². The highest BCUT2D eigenvalue weighted by molar-refractivity contribution is 5.87. The van der Waals surface area contributed by atoms with Crippen molar-refractivity contribution in [2.24, 2.45) is 0 Å². The molecule has 3 rings (SSSR count). The summed E-state index contributed by atoms with van der Waals surface area (Å²) in [6, 6.07) is 8.81. The van der Waals surface area contributed by atoms with Gasteiger partial charge in [-0.1, -0.05) is 0 Å². The van der Waals surface area contributed by atoms with Crippen LogP contribution in [0.4, 0.5) is 52.7 Å². The van der Waals surface area contributed by atoms with Gasteiger partial charge in [0, 0.05) is 21.6 Å². The Kier molecular flexibility index (Phi) is 10.4. The molecule has 0 aliphatic carbocycles. The van der Waals surface area contributed by atoms with E-state index < -0.39 is 119 Å². The summed E-state index contributed by atoms with van der Waals surface area (Å²) in [6.45, 7) is 0. The summed E-state index contributed by atoms with van der Waals surface area (Å²) in [5, 5.41) is 85.4. The van der Waals surface area contributed by atoms with Crippen LogP contribution in [-0.2, 0) is 24.7 Å². The number of halogens is 12. The van der Waals surface area contributed by atoms with Crippen LogP contribution in [0, 0.1) is 102 Å². The molecular weight excluding hydrogens is 750 g/mol. The Labute approximate surface area is 291 Å². The first-order chi connectivity index (χ1) is 25.0. The fraction of sp³-hybridized carbons (Fsp3) is 0.121. The smallest absolute Gasteiger partial charge is 0.192 e. The van der Waals surface area contributed by atoms with Crippen molar-refractivity contribution in [1.29, 1.82) is 47.4 Å². The maximum atomic E-state index is 14.1. The summed E-state index contributed by atoms with van der Waals surface area (Å²) in [5.74, 6) is 0. The molecule has 0 atom stereocenters. The Morgan fingerprint density at radius 1 is 0.389 bits per heavy atom. The first-order valence-corrected chi connectivity index (χ1v) is 13.3. The fourth-order valence-electron chi connectivity index (χ4n) is 5.21. The summed E-state index contributed by atoms with van der Waals surface area (Å²) in [4.78, 5) is 0. The van der Waals surface area contributed by atoms with Crippen LogP contribution in [0.2, 0.25) is 0 Å². The predicted molar refractivity (Wildman–Crippen MR) is 148 cm³/mol. The average molecular weight is 753 g/mol. The standard InChI is InChI=1S/C33H3F12N9/c34-30(35,36)25-2-15(21(9-51)28(23(25)11-53)32(40,41)42)17(5-47)14-1-13(4-46)27(20(8-50)18(14)6-48)19(7-49)16-3-26(31(37,38)39)24(12-54)29(22(16)10-52)33(43,44)45/h1-3H/b17-14+,27-19-. The van der Waals surface area contributed by atoms with Gasteiger partial charge in [0.2, 0.25) is 0 Å². The summed E-state index contributed by atoms with van der Waals surface area (Å²) in [7, 11) is 0. The summed E-state index contributed by atoms with van der Waals surface area (Å²) >= 11 is 0. The molecule has 0 saturated carbocycles. The number of alkyl halides is 12. The Bertz CT molecular complexity index is 2710. The van der Waals surface area contributed by atoms with Gasteiger partial charge < -0.3 is 0 Å². The molecule has 0 amide bonds. The third kappa shape index (κ3) is 6.71. The number of hydrogen-bond acceptors (Lipinski definition) is 9. The molecule has 0 fully saturated rings. The Morgan fingerprint density at radius 3 is 1.02 bits per heavy atom. The lowest BCUT2D eigenvalue weighted by Crippen LogP contribution is -2.27. The van der Waals surface area contributed by atoms with Crippen molar-refractivity contribution in [2.75, 3.05) is 0 Å². The number of benzene rings is 3. The molecule has 21 heteroatoms. The summed E-state index contributed by atoms with van der Waals surface area (Å²) in [6.07, 6.45) is -23.4. The SMILES string of the molecule is N#C/C(c1cc(C(F)(F)F)c(C#N)c(C(F)(F)F)c1C#N)=c1/cc(C#N)/c(=C(\C#N)c2cc(C(F)(F)F)c(C#N)c(C(F)(F)F)c2C#N)c(C#N)c1C#N. The molecule has 0 aliphatic rings. The van der Waals surface area contributed by atoms with Crippen LogP contribution < -0.4 is 10.4 Å². The molecule has 0 heterocycles. The molecule has 54 heavy (non-hydrogen) atoms. The van der Waals surface area contributed by atoms with Gasteiger partial charge in [-0.3, -0.25) is 0 Å². The van der Waals surface area contributed by atoms with E-state index in [1.165, 1.54) is 18.2 Å². The van der Waals surface area contributed by atoms with Gasteiger partial charge in [0.15, 0.2) is 0 Å². The van der Waals surface area contributed by atoms with Crippen molar-refractivity contribution in [3.05, 3.63) is 101 Å². The molecule has 9 nitrogen and oxygen atoms in total. The number of nitriles is 9. The molecule has 0 aliphatic heterocycles. The molecule has 0 bridgehead atoms. The molecule has 0 aromatic heterocycles. The topological polar surface area (TPSA) is 214 Å². The van der Waals surface area contributed by atoms with Gasteiger partial charge >= 0.3 is 24.7 Å². The van der Waals surface area contributed by atoms with Crippen molar-refractivity contribution in [2.45, 2.75) is 24.7 Å². The van der Waals surface area contributed by atoms with Crippen molar-refractivity contribution in [3.63, 3.8) is 0 Å². The van der Waals surface area contributed by atoms with Crippen molar-refractivity contribution in [3.8, 4) is 54.6 Å². The molecule has 0 N–H and O–H groups in total. The van der Waals surface area contributed by atoms with Crippen LogP contribution in [0.1, 0.15) is 72.3 Å². The molecule has 3 aromatic carbocycles. The normalized spacial score (nSPS) is 12.5. The molecular formula is C33H3F12N9. The fourth-order valence-corrected chi connectivity index (χ4v) is 5.21. The largest absolute Gasteiger partial charge is 0.419 e. The number of nitrogens with zero attached hydrogens (tertiary/aromatic N) is 9. The average Bonchev–Trinajstić information content (AvgIpc) is 3.08. The van der Waals surface area contributed by atoms with Crippen LogP contribution in [-0.4, -0.2) is 0 Å². The Morgan fingerprint density at radius 2 is 0.741 bits per heavy atom. The second-order valence-electron chi connectivity index (χ2n) is 10.0. The minimum atomic E-state index is -5.91. The monoisotopic (exact) mass is 753 g/mol. The molecule has 0 unspecified atom stereocenters. The van der Waals surface area contributed by atoms with E-state index in [1.807, 2.05) is 0 Å². The minimum absolute atomic E-state index is 0.246. The van der Waals surface area contributed by atoms with E-state index in [1.54, 1.807) is 0 Å². The lowest BCUT2D eigenvalue weighted by atomic mass is 9.84. The van der Waals surface area contributed by atoms with E-state index >= 15 is 0 Å². The first-order valence-electron chi connectivity index (χ1n) is 13.3. The van der Waals surface area contributed by atoms with Gasteiger partial charge in [-0.05, 0) is 18.2 Å². The highest BCUT2D eigenvalue weighted by Crippen LogP contribution is 2.45. The van der Waals surface area contributed by atoms with Crippen molar-refractivity contribution < 1.29 is 52.7 Å². The van der Waals surface area contributed by atoms with Crippen molar-refractivity contribution in [1.82, 2.24) is 0 Å². The predicted octanol–water partition coefficient (Wildman–Crippen LogP) is 6.31. The Balaban J connectivity index is 2.94. The van der Waals surface area contributed by atoms with E-state index in [9.17, 15) is 100 Å². The van der Waals surface area contributed by atoms with Gasteiger partial charge in [0.1, 0.15) is 48.6 Å². The van der Waals surface area contributed by atoms with Crippen LogP contribution in [0.25, 0.3) is 11.1 Å². The zero-order valence-electron chi connectivity index (χ0n) is 25.3. The molecule has 264 valence electrons.